The molecule has 1 heterocycles. The number of amides is 1. The van der Waals surface area contributed by atoms with Gasteiger partial charge in [-0.3, -0.25) is 4.79 Å². The van der Waals surface area contributed by atoms with E-state index in [9.17, 15) is 4.79 Å². The lowest BCUT2D eigenvalue weighted by Crippen LogP contribution is -2.46. The van der Waals surface area contributed by atoms with Crippen LogP contribution in [0.15, 0.2) is 0 Å². The number of carbonyl (C=O) groups excluding carboxylic acids is 1. The van der Waals surface area contributed by atoms with Gasteiger partial charge in [0.2, 0.25) is 5.91 Å². The third-order valence-electron chi connectivity index (χ3n) is 3.84. The Morgan fingerprint density at radius 1 is 1.27 bits per heavy atom. The first-order valence-electron chi connectivity index (χ1n) is 6.18. The Labute approximate surface area is 97.0 Å². The number of piperidine rings is 1. The maximum atomic E-state index is 12.0. The van der Waals surface area contributed by atoms with Gasteiger partial charge in [0.05, 0.1) is 0 Å². The minimum atomic E-state index is 0.340. The van der Waals surface area contributed by atoms with Crippen molar-refractivity contribution in [3.63, 3.8) is 0 Å². The first-order chi connectivity index (χ1) is 7.33. The lowest BCUT2D eigenvalue weighted by Gasteiger charge is -2.37. The predicted molar refractivity (Wildman–Crippen MR) is 62.0 cm³/mol. The second-order valence-corrected chi connectivity index (χ2v) is 5.16. The fourth-order valence-electron chi connectivity index (χ4n) is 3.13. The minimum Gasteiger partial charge on any atom is -0.339 e. The molecule has 2 nitrogen and oxygen atoms in total. The zero-order chi connectivity index (χ0) is 10.7. The Hall–Kier alpha value is -0.240. The summed E-state index contributed by atoms with van der Waals surface area (Å²) in [6.45, 7) is 0.988. The number of likely N-dealkylation sites (tertiary alicyclic amines) is 1. The Kier molecular flexibility index (Phi) is 3.90. The van der Waals surface area contributed by atoms with Crippen molar-refractivity contribution in [2.75, 3.05) is 12.4 Å². The van der Waals surface area contributed by atoms with Gasteiger partial charge in [-0.05, 0) is 38.0 Å². The summed E-state index contributed by atoms with van der Waals surface area (Å²) >= 11 is 5.63. The van der Waals surface area contributed by atoms with E-state index in [0.29, 0.717) is 24.2 Å². The van der Waals surface area contributed by atoms with Crippen molar-refractivity contribution >= 4 is 17.5 Å². The molecule has 1 saturated heterocycles. The smallest absolute Gasteiger partial charge is 0.222 e. The molecule has 2 unspecified atom stereocenters. The minimum absolute atomic E-state index is 0.340. The quantitative estimate of drug-likeness (QED) is 0.682. The molecule has 2 rings (SSSR count). The van der Waals surface area contributed by atoms with Gasteiger partial charge in [0, 0.05) is 24.9 Å². The first-order valence-corrected chi connectivity index (χ1v) is 6.72. The van der Waals surface area contributed by atoms with E-state index < -0.39 is 0 Å². The number of hydrogen-bond acceptors (Lipinski definition) is 1. The van der Waals surface area contributed by atoms with Crippen molar-refractivity contribution in [1.29, 1.82) is 0 Å². The normalized spacial score (nSPS) is 30.3. The summed E-state index contributed by atoms with van der Waals surface area (Å²) in [5, 5.41) is 0. The highest BCUT2D eigenvalue weighted by molar-refractivity contribution is 6.17. The van der Waals surface area contributed by atoms with Crippen LogP contribution in [0.25, 0.3) is 0 Å². The van der Waals surface area contributed by atoms with Crippen LogP contribution in [0.1, 0.15) is 44.9 Å². The van der Waals surface area contributed by atoms with Crippen LogP contribution in [-0.4, -0.2) is 29.3 Å². The molecule has 86 valence electrons. The Morgan fingerprint density at radius 2 is 2.07 bits per heavy atom. The molecule has 0 aromatic heterocycles. The Morgan fingerprint density at radius 3 is 2.87 bits per heavy atom. The highest BCUT2D eigenvalue weighted by Gasteiger charge is 2.36. The van der Waals surface area contributed by atoms with Crippen LogP contribution in [0, 0.1) is 5.92 Å². The van der Waals surface area contributed by atoms with Crippen LogP contribution >= 0.6 is 11.6 Å². The van der Waals surface area contributed by atoms with Gasteiger partial charge in [-0.1, -0.05) is 6.42 Å². The number of fused-ring (bicyclic) bond motifs is 1. The van der Waals surface area contributed by atoms with Crippen LogP contribution in [0.3, 0.4) is 0 Å². The van der Waals surface area contributed by atoms with Gasteiger partial charge in [0.15, 0.2) is 0 Å². The predicted octanol–water partition coefficient (Wildman–Crippen LogP) is 2.80. The third kappa shape index (κ3) is 2.47. The van der Waals surface area contributed by atoms with Crippen LogP contribution in [0.2, 0.25) is 0 Å². The van der Waals surface area contributed by atoms with E-state index >= 15 is 0 Å². The number of rotatable bonds is 3. The molecule has 0 N–H and O–H groups in total. The molecule has 0 aromatic rings. The summed E-state index contributed by atoms with van der Waals surface area (Å²) in [5.74, 6) is 1.75. The van der Waals surface area contributed by atoms with E-state index in [4.69, 9.17) is 11.6 Å². The molecule has 2 aliphatic rings. The summed E-state index contributed by atoms with van der Waals surface area (Å²) in [6, 6.07) is 0.571. The Bertz CT molecular complexity index is 232. The molecule has 15 heavy (non-hydrogen) atoms. The van der Waals surface area contributed by atoms with Crippen LogP contribution in [-0.2, 0) is 4.79 Å². The Balaban J connectivity index is 1.92. The SMILES string of the molecule is O=C(CCCCl)N1CCCC2CCCC21. The van der Waals surface area contributed by atoms with Gasteiger partial charge in [-0.15, -0.1) is 11.6 Å². The molecule has 2 atom stereocenters. The van der Waals surface area contributed by atoms with Gasteiger partial charge < -0.3 is 4.90 Å². The monoisotopic (exact) mass is 229 g/mol. The van der Waals surface area contributed by atoms with Crippen molar-refractivity contribution in [3.8, 4) is 0 Å². The average Bonchev–Trinajstić information content (AvgIpc) is 2.73. The topological polar surface area (TPSA) is 20.3 Å². The van der Waals surface area contributed by atoms with E-state index in [1.165, 1.54) is 32.1 Å². The highest BCUT2D eigenvalue weighted by Crippen LogP contribution is 2.36. The van der Waals surface area contributed by atoms with Crippen molar-refractivity contribution in [1.82, 2.24) is 4.90 Å². The lowest BCUT2D eigenvalue weighted by atomic mass is 9.91. The second-order valence-electron chi connectivity index (χ2n) is 4.78. The van der Waals surface area contributed by atoms with Crippen molar-refractivity contribution in [2.24, 2.45) is 5.92 Å². The van der Waals surface area contributed by atoms with E-state index in [1.807, 2.05) is 0 Å². The summed E-state index contributed by atoms with van der Waals surface area (Å²) in [6.07, 6.45) is 7.90. The van der Waals surface area contributed by atoms with Crippen LogP contribution < -0.4 is 0 Å². The molecule has 0 radical (unpaired) electrons. The van der Waals surface area contributed by atoms with Crippen molar-refractivity contribution < 1.29 is 4.79 Å². The molecule has 1 aliphatic heterocycles. The standard InChI is InChI=1S/C12H20ClNO/c13-8-2-7-12(15)14-9-3-5-10-4-1-6-11(10)14/h10-11H,1-9H2. The van der Waals surface area contributed by atoms with Crippen LogP contribution in [0.4, 0.5) is 0 Å². The summed E-state index contributed by atoms with van der Waals surface area (Å²) in [4.78, 5) is 14.1. The van der Waals surface area contributed by atoms with Gasteiger partial charge >= 0.3 is 0 Å². The molecule has 0 bridgehead atoms. The van der Waals surface area contributed by atoms with Gasteiger partial charge in [0.1, 0.15) is 0 Å². The van der Waals surface area contributed by atoms with E-state index in [2.05, 4.69) is 4.90 Å². The number of hydrogen-bond donors (Lipinski definition) is 0. The second kappa shape index (κ2) is 5.20. The maximum Gasteiger partial charge on any atom is 0.222 e. The molecular weight excluding hydrogens is 210 g/mol. The van der Waals surface area contributed by atoms with Crippen molar-refractivity contribution in [2.45, 2.75) is 51.0 Å². The van der Waals surface area contributed by atoms with Crippen LogP contribution in [0.5, 0.6) is 0 Å². The van der Waals surface area contributed by atoms with E-state index in [-0.39, 0.29) is 0 Å². The van der Waals surface area contributed by atoms with Crippen molar-refractivity contribution in [3.05, 3.63) is 0 Å². The van der Waals surface area contributed by atoms with Gasteiger partial charge in [0.25, 0.3) is 0 Å². The fourth-order valence-corrected chi connectivity index (χ4v) is 3.26. The van der Waals surface area contributed by atoms with E-state index in [0.717, 1.165) is 18.9 Å². The highest BCUT2D eigenvalue weighted by atomic mass is 35.5. The molecule has 2 fully saturated rings. The van der Waals surface area contributed by atoms with Gasteiger partial charge in [-0.2, -0.15) is 0 Å². The molecule has 1 saturated carbocycles. The number of carbonyl (C=O) groups is 1. The summed E-state index contributed by atoms with van der Waals surface area (Å²) in [5.41, 5.74) is 0. The molecular formula is C12H20ClNO. The fraction of sp³-hybridized carbons (Fsp3) is 0.917. The zero-order valence-corrected chi connectivity index (χ0v) is 10.0. The summed E-state index contributed by atoms with van der Waals surface area (Å²) in [7, 11) is 0. The lowest BCUT2D eigenvalue weighted by molar-refractivity contribution is -0.135. The largest absolute Gasteiger partial charge is 0.339 e. The maximum absolute atomic E-state index is 12.0. The summed E-state index contributed by atoms with van der Waals surface area (Å²) < 4.78 is 0. The zero-order valence-electron chi connectivity index (χ0n) is 9.25. The molecule has 3 heteroatoms. The number of alkyl halides is 1. The molecule has 1 aliphatic carbocycles. The number of nitrogens with zero attached hydrogens (tertiary/aromatic N) is 1. The number of halogens is 1. The third-order valence-corrected chi connectivity index (χ3v) is 4.11. The first kappa shape index (κ1) is 11.3. The molecule has 1 amide bonds. The van der Waals surface area contributed by atoms with E-state index in [1.54, 1.807) is 0 Å². The van der Waals surface area contributed by atoms with Gasteiger partial charge in [-0.25, -0.2) is 0 Å². The molecule has 0 aromatic carbocycles. The average molecular weight is 230 g/mol. The molecule has 0 spiro atoms.